The van der Waals surface area contributed by atoms with Crippen molar-refractivity contribution in [1.82, 2.24) is 5.32 Å². The summed E-state index contributed by atoms with van der Waals surface area (Å²) in [5.74, 6) is 0. The molecular formula is C7H14FNO4. The molecule has 0 aromatic heterocycles. The van der Waals surface area contributed by atoms with E-state index in [9.17, 15) is 14.6 Å². The van der Waals surface area contributed by atoms with Crippen LogP contribution in [0.15, 0.2) is 0 Å². The van der Waals surface area contributed by atoms with Crippen LogP contribution in [0.3, 0.4) is 0 Å². The summed E-state index contributed by atoms with van der Waals surface area (Å²) >= 11 is 0. The summed E-state index contributed by atoms with van der Waals surface area (Å²) in [4.78, 5) is 0. The topological polar surface area (TPSA) is 93.0 Å². The fourth-order valence-electron chi connectivity index (χ4n) is 1.49. The van der Waals surface area contributed by atoms with Gasteiger partial charge in [-0.3, -0.25) is 0 Å². The summed E-state index contributed by atoms with van der Waals surface area (Å²) < 4.78 is 12.9. The van der Waals surface area contributed by atoms with Gasteiger partial charge in [0.05, 0.1) is 37.5 Å². The van der Waals surface area contributed by atoms with Crippen LogP contribution in [0.2, 0.25) is 0 Å². The van der Waals surface area contributed by atoms with Crippen LogP contribution in [0.1, 0.15) is 0 Å². The van der Waals surface area contributed by atoms with Crippen LogP contribution in [0.4, 0.5) is 4.39 Å². The molecule has 0 bridgehead atoms. The highest BCUT2D eigenvalue weighted by Gasteiger charge is 2.44. The summed E-state index contributed by atoms with van der Waals surface area (Å²) in [5, 5.41) is 38.2. The molecule has 0 aromatic carbocycles. The lowest BCUT2D eigenvalue weighted by Crippen LogP contribution is -2.43. The van der Waals surface area contributed by atoms with Gasteiger partial charge in [-0.15, -0.1) is 0 Å². The van der Waals surface area contributed by atoms with Gasteiger partial charge < -0.3 is 25.7 Å². The van der Waals surface area contributed by atoms with E-state index >= 15 is 0 Å². The second-order valence-corrected chi connectivity index (χ2v) is 3.16. The van der Waals surface area contributed by atoms with Crippen molar-refractivity contribution in [2.75, 3.05) is 13.2 Å². The van der Waals surface area contributed by atoms with Crippen molar-refractivity contribution >= 4 is 0 Å². The van der Waals surface area contributed by atoms with E-state index < -0.39 is 37.1 Å². The minimum Gasteiger partial charge on any atom is -0.395 e. The van der Waals surface area contributed by atoms with Gasteiger partial charge >= 0.3 is 0 Å². The fraction of sp³-hybridized carbons (Fsp3) is 1.00. The predicted octanol–water partition coefficient (Wildman–Crippen LogP) is -2.63. The van der Waals surface area contributed by atoms with Crippen LogP contribution < -0.4 is 5.32 Å². The number of alkyl halides is 1. The van der Waals surface area contributed by atoms with Crippen molar-refractivity contribution in [3.05, 3.63) is 0 Å². The van der Waals surface area contributed by atoms with Crippen molar-refractivity contribution in [2.24, 2.45) is 0 Å². The molecule has 5 nitrogen and oxygen atoms in total. The van der Waals surface area contributed by atoms with Gasteiger partial charge in [0.2, 0.25) is 0 Å². The molecule has 1 fully saturated rings. The van der Waals surface area contributed by atoms with Gasteiger partial charge in [-0.2, -0.15) is 0 Å². The first-order chi connectivity index (χ1) is 6.11. The van der Waals surface area contributed by atoms with Crippen LogP contribution in [0.5, 0.6) is 0 Å². The molecular weight excluding hydrogens is 181 g/mol. The maximum Gasteiger partial charge on any atom is 0.141 e. The van der Waals surface area contributed by atoms with Gasteiger partial charge in [0.25, 0.3) is 0 Å². The molecule has 0 saturated carbocycles. The minimum absolute atomic E-state index is 0.382. The summed E-state index contributed by atoms with van der Waals surface area (Å²) in [6.45, 7) is -1.10. The molecule has 13 heavy (non-hydrogen) atoms. The van der Waals surface area contributed by atoms with Crippen LogP contribution >= 0.6 is 0 Å². The molecule has 0 aliphatic carbocycles. The maximum atomic E-state index is 12.9. The Balaban J connectivity index is 2.60. The molecule has 0 amide bonds. The number of rotatable bonds is 3. The van der Waals surface area contributed by atoms with Gasteiger partial charge in [-0.1, -0.05) is 0 Å². The van der Waals surface area contributed by atoms with Crippen molar-refractivity contribution in [2.45, 2.75) is 30.5 Å². The third kappa shape index (κ3) is 1.97. The average molecular weight is 195 g/mol. The van der Waals surface area contributed by atoms with E-state index in [0.717, 1.165) is 0 Å². The van der Waals surface area contributed by atoms with E-state index in [0.29, 0.717) is 0 Å². The normalized spacial score (nSPS) is 42.2. The third-order valence-corrected chi connectivity index (χ3v) is 2.30. The third-order valence-electron chi connectivity index (χ3n) is 2.30. The summed E-state index contributed by atoms with van der Waals surface area (Å²) in [6, 6.07) is -1.75. The number of hydrogen-bond donors (Lipinski definition) is 5. The van der Waals surface area contributed by atoms with Crippen molar-refractivity contribution in [1.29, 1.82) is 0 Å². The van der Waals surface area contributed by atoms with Gasteiger partial charge in [-0.05, 0) is 0 Å². The molecule has 78 valence electrons. The van der Waals surface area contributed by atoms with Crippen molar-refractivity contribution in [3.8, 4) is 0 Å². The Labute approximate surface area is 74.8 Å². The molecule has 0 unspecified atom stereocenters. The highest BCUT2D eigenvalue weighted by atomic mass is 19.1. The van der Waals surface area contributed by atoms with Gasteiger partial charge in [0, 0.05) is 0 Å². The van der Waals surface area contributed by atoms with E-state index in [2.05, 4.69) is 5.32 Å². The van der Waals surface area contributed by atoms with Crippen LogP contribution in [0.25, 0.3) is 0 Å². The SMILES string of the molecule is OC[C@@H](F)[C@@H]1N[C@@H](CO)[C@H](O)[C@H]1O. The lowest BCUT2D eigenvalue weighted by atomic mass is 10.1. The molecule has 0 aromatic rings. The van der Waals surface area contributed by atoms with E-state index in [-0.39, 0.29) is 6.61 Å². The Morgan fingerprint density at radius 1 is 1.23 bits per heavy atom. The molecule has 0 radical (unpaired) electrons. The number of nitrogens with one attached hydrogen (secondary N) is 1. The Morgan fingerprint density at radius 2 is 1.85 bits per heavy atom. The first kappa shape index (κ1) is 10.8. The lowest BCUT2D eigenvalue weighted by Gasteiger charge is -2.17. The predicted molar refractivity (Wildman–Crippen MR) is 41.8 cm³/mol. The first-order valence-corrected chi connectivity index (χ1v) is 4.09. The van der Waals surface area contributed by atoms with E-state index in [1.165, 1.54) is 0 Å². The number of aliphatic hydroxyl groups excluding tert-OH is 4. The fourth-order valence-corrected chi connectivity index (χ4v) is 1.49. The highest BCUT2D eigenvalue weighted by Crippen LogP contribution is 2.18. The molecule has 1 aliphatic heterocycles. The summed E-state index contributed by atoms with van der Waals surface area (Å²) in [6.07, 6.45) is -4.12. The molecule has 5 atom stereocenters. The largest absolute Gasteiger partial charge is 0.395 e. The Morgan fingerprint density at radius 3 is 2.23 bits per heavy atom. The smallest absolute Gasteiger partial charge is 0.141 e. The van der Waals surface area contributed by atoms with Gasteiger partial charge in [0.15, 0.2) is 0 Å². The first-order valence-electron chi connectivity index (χ1n) is 4.09. The zero-order valence-electron chi connectivity index (χ0n) is 6.97. The molecule has 1 saturated heterocycles. The van der Waals surface area contributed by atoms with Crippen molar-refractivity contribution in [3.63, 3.8) is 0 Å². The van der Waals surface area contributed by atoms with E-state index in [1.54, 1.807) is 0 Å². The number of hydrogen-bond acceptors (Lipinski definition) is 5. The Bertz CT molecular complexity index is 171. The minimum atomic E-state index is -1.64. The quantitative estimate of drug-likeness (QED) is 0.340. The molecule has 5 N–H and O–H groups in total. The standard InChI is InChI=1S/C7H14FNO4/c8-3(1-10)5-7(13)6(12)4(2-11)9-5/h3-7,9-13H,1-2H2/t3-,4+,5+,6+,7+/m1/s1. The second-order valence-electron chi connectivity index (χ2n) is 3.16. The monoisotopic (exact) mass is 195 g/mol. The summed E-state index contributed by atoms with van der Waals surface area (Å²) in [7, 11) is 0. The zero-order chi connectivity index (χ0) is 10.0. The average Bonchev–Trinajstić information content (AvgIpc) is 2.43. The van der Waals surface area contributed by atoms with E-state index in [4.69, 9.17) is 10.2 Å². The molecule has 1 rings (SSSR count). The Kier molecular flexibility index (Phi) is 3.57. The number of aliphatic hydroxyl groups is 4. The van der Waals surface area contributed by atoms with Crippen LogP contribution in [0, 0.1) is 0 Å². The molecule has 6 heteroatoms. The highest BCUT2D eigenvalue weighted by molar-refractivity contribution is 5.00. The van der Waals surface area contributed by atoms with Gasteiger partial charge in [0.1, 0.15) is 6.17 Å². The molecule has 1 aliphatic rings. The van der Waals surface area contributed by atoms with Crippen LogP contribution in [-0.4, -0.2) is 64.1 Å². The zero-order valence-corrected chi connectivity index (χ0v) is 6.97. The summed E-state index contributed by atoms with van der Waals surface area (Å²) in [5.41, 5.74) is 0. The van der Waals surface area contributed by atoms with Gasteiger partial charge in [-0.25, -0.2) is 4.39 Å². The molecule has 0 spiro atoms. The van der Waals surface area contributed by atoms with E-state index in [1.807, 2.05) is 0 Å². The van der Waals surface area contributed by atoms with Crippen molar-refractivity contribution < 1.29 is 24.8 Å². The van der Waals surface area contributed by atoms with Crippen LogP contribution in [-0.2, 0) is 0 Å². The Hall–Kier alpha value is -0.270. The lowest BCUT2D eigenvalue weighted by molar-refractivity contribution is 0.00345. The number of halogens is 1. The molecule has 1 heterocycles. The second kappa shape index (κ2) is 4.30. The maximum absolute atomic E-state index is 12.9.